The molecule has 4 N–H and O–H groups in total. The average Bonchev–Trinajstić information content (AvgIpc) is 3.76. The van der Waals surface area contributed by atoms with Crippen LogP contribution in [0.5, 0.6) is 0 Å². The standard InChI is InChI=1S/C31H38ClN5O5/c1-31(2)19-15-37(26(24(19)31)29(41)35-21(23(38)14-32)13-18-7-5-11-33-27(18)39)30(42)25(16-9-10-16)36-28(40)22-12-17-6-3-4-8-20(17)34-22/h3-4,6,8,12,16,18-19,21,24-26,34H,5,7,9-11,13-15H2,1-2H3,(H,33,39)(H,35,41)(H,36,40)/t18-,19-,21-,24-,25?,26-/m0/s1. The van der Waals surface area contributed by atoms with E-state index in [1.54, 1.807) is 11.0 Å². The van der Waals surface area contributed by atoms with Gasteiger partial charge in [0.1, 0.15) is 17.8 Å². The Morgan fingerprint density at radius 1 is 1.12 bits per heavy atom. The van der Waals surface area contributed by atoms with Crippen LogP contribution in [0.15, 0.2) is 30.3 Å². The minimum absolute atomic E-state index is 0.00913. The molecule has 1 aromatic carbocycles. The molecular formula is C31H38ClN5O5. The quantitative estimate of drug-likeness (QED) is 0.312. The van der Waals surface area contributed by atoms with E-state index < -0.39 is 24.0 Å². The average molecular weight is 596 g/mol. The van der Waals surface area contributed by atoms with Gasteiger partial charge in [-0.1, -0.05) is 32.0 Å². The Morgan fingerprint density at radius 3 is 2.57 bits per heavy atom. The number of para-hydroxylation sites is 1. The Kier molecular flexibility index (Phi) is 7.53. The summed E-state index contributed by atoms with van der Waals surface area (Å²) in [4.78, 5) is 71.2. The zero-order chi connectivity index (χ0) is 29.8. The molecule has 0 bridgehead atoms. The normalized spacial score (nSPS) is 27.5. The molecule has 10 nitrogen and oxygen atoms in total. The zero-order valence-electron chi connectivity index (χ0n) is 24.0. The Balaban J connectivity index is 1.20. The van der Waals surface area contributed by atoms with Gasteiger partial charge in [-0.25, -0.2) is 0 Å². The summed E-state index contributed by atoms with van der Waals surface area (Å²) in [6.07, 6.45) is 3.26. The smallest absolute Gasteiger partial charge is 0.268 e. The fourth-order valence-electron chi connectivity index (χ4n) is 7.18. The number of carbonyl (C=O) groups excluding carboxylic acids is 5. The highest BCUT2D eigenvalue weighted by molar-refractivity contribution is 6.28. The predicted molar refractivity (Wildman–Crippen MR) is 157 cm³/mol. The van der Waals surface area contributed by atoms with E-state index in [4.69, 9.17) is 11.6 Å². The van der Waals surface area contributed by atoms with Crippen LogP contribution in [0.2, 0.25) is 0 Å². The number of likely N-dealkylation sites (tertiary alicyclic amines) is 1. The van der Waals surface area contributed by atoms with E-state index in [0.717, 1.165) is 30.2 Å². The maximum absolute atomic E-state index is 14.1. The maximum atomic E-state index is 14.1. The molecule has 2 saturated carbocycles. The van der Waals surface area contributed by atoms with Crippen molar-refractivity contribution in [2.75, 3.05) is 19.0 Å². The number of nitrogens with one attached hydrogen (secondary N) is 4. The van der Waals surface area contributed by atoms with Gasteiger partial charge in [0.05, 0.1) is 11.9 Å². The molecule has 6 rings (SSSR count). The van der Waals surface area contributed by atoms with Crippen LogP contribution in [0.1, 0.15) is 56.4 Å². The highest BCUT2D eigenvalue weighted by atomic mass is 35.5. The van der Waals surface area contributed by atoms with E-state index in [1.165, 1.54) is 0 Å². The Hall–Kier alpha value is -3.40. The molecule has 4 fully saturated rings. The summed E-state index contributed by atoms with van der Waals surface area (Å²) in [6, 6.07) is 6.93. The van der Waals surface area contributed by atoms with Crippen molar-refractivity contribution < 1.29 is 24.0 Å². The summed E-state index contributed by atoms with van der Waals surface area (Å²) in [5.41, 5.74) is 1.09. The largest absolute Gasteiger partial charge is 0.356 e. The van der Waals surface area contributed by atoms with Gasteiger partial charge < -0.3 is 25.8 Å². The third-order valence-corrected chi connectivity index (χ3v) is 10.2. The first-order chi connectivity index (χ1) is 20.1. The van der Waals surface area contributed by atoms with Crippen LogP contribution in [0.3, 0.4) is 0 Å². The van der Waals surface area contributed by atoms with Crippen molar-refractivity contribution in [1.82, 2.24) is 25.8 Å². The molecule has 3 heterocycles. The number of carbonyl (C=O) groups is 5. The second kappa shape index (κ2) is 11.0. The number of Topliss-reactive ketones (excluding diaryl/α,β-unsaturated/α-hetero) is 1. The second-order valence-corrected chi connectivity index (χ2v) is 13.2. The van der Waals surface area contributed by atoms with Crippen molar-refractivity contribution >= 4 is 51.9 Å². The maximum Gasteiger partial charge on any atom is 0.268 e. The summed E-state index contributed by atoms with van der Waals surface area (Å²) in [7, 11) is 0. The number of ketones is 1. The number of H-pyrrole nitrogens is 1. The Bertz CT molecular complexity index is 1400. The number of rotatable bonds is 10. The van der Waals surface area contributed by atoms with E-state index in [1.807, 2.05) is 24.3 Å². The number of aromatic nitrogens is 1. The lowest BCUT2D eigenvalue weighted by atomic mass is 9.90. The molecule has 42 heavy (non-hydrogen) atoms. The van der Waals surface area contributed by atoms with Gasteiger partial charge in [-0.3, -0.25) is 24.0 Å². The summed E-state index contributed by atoms with van der Waals surface area (Å²) in [5.74, 6) is -2.09. The molecule has 224 valence electrons. The molecular weight excluding hydrogens is 558 g/mol. The highest BCUT2D eigenvalue weighted by Crippen LogP contribution is 2.65. The molecule has 2 aliphatic heterocycles. The number of halogens is 1. The fraction of sp³-hybridized carbons (Fsp3) is 0.581. The molecule has 4 aliphatic rings. The molecule has 6 atom stereocenters. The van der Waals surface area contributed by atoms with Crippen molar-refractivity contribution in [2.24, 2.45) is 29.1 Å². The lowest BCUT2D eigenvalue weighted by molar-refractivity contribution is -0.143. The van der Waals surface area contributed by atoms with Crippen LogP contribution >= 0.6 is 11.6 Å². The second-order valence-electron chi connectivity index (χ2n) is 13.0. The van der Waals surface area contributed by atoms with Crippen molar-refractivity contribution in [3.63, 3.8) is 0 Å². The molecule has 2 saturated heterocycles. The highest BCUT2D eigenvalue weighted by Gasteiger charge is 2.70. The minimum atomic E-state index is -0.914. The van der Waals surface area contributed by atoms with Crippen molar-refractivity contribution in [1.29, 1.82) is 0 Å². The lowest BCUT2D eigenvalue weighted by Crippen LogP contribution is -2.58. The van der Waals surface area contributed by atoms with Crippen LogP contribution in [0.25, 0.3) is 10.9 Å². The number of alkyl halides is 1. The SMILES string of the molecule is CC1(C)[C@@H]2[C@@H](C(=O)N[C@@H](C[C@@H]3CCCNC3=O)C(=O)CCl)N(C(=O)C(NC(=O)c3cc4ccccc4[nH]3)C3CC3)C[C@@H]21. The van der Waals surface area contributed by atoms with Gasteiger partial charge >= 0.3 is 0 Å². The molecule has 2 aliphatic carbocycles. The van der Waals surface area contributed by atoms with E-state index in [-0.39, 0.29) is 64.9 Å². The predicted octanol–water partition coefficient (Wildman–Crippen LogP) is 2.37. The van der Waals surface area contributed by atoms with Gasteiger partial charge in [-0.15, -0.1) is 11.6 Å². The number of nitrogens with zero attached hydrogens (tertiary/aromatic N) is 1. The van der Waals surface area contributed by atoms with Crippen LogP contribution in [0.4, 0.5) is 0 Å². The van der Waals surface area contributed by atoms with Gasteiger partial charge in [-0.05, 0) is 67.4 Å². The summed E-state index contributed by atoms with van der Waals surface area (Å²) in [6.45, 7) is 5.20. The zero-order valence-corrected chi connectivity index (χ0v) is 24.7. The van der Waals surface area contributed by atoms with E-state index in [9.17, 15) is 24.0 Å². The molecule has 4 amide bonds. The molecule has 11 heteroatoms. The van der Waals surface area contributed by atoms with Crippen LogP contribution in [-0.4, -0.2) is 76.4 Å². The van der Waals surface area contributed by atoms with E-state index in [0.29, 0.717) is 25.2 Å². The van der Waals surface area contributed by atoms with Crippen LogP contribution in [-0.2, 0) is 19.2 Å². The Labute approximate surface area is 249 Å². The molecule has 1 aromatic heterocycles. The summed E-state index contributed by atoms with van der Waals surface area (Å²) >= 11 is 5.90. The molecule has 2 aromatic rings. The van der Waals surface area contributed by atoms with E-state index in [2.05, 4.69) is 34.8 Å². The lowest BCUT2D eigenvalue weighted by Gasteiger charge is -2.34. The first-order valence-electron chi connectivity index (χ1n) is 15.0. The number of benzene rings is 1. The van der Waals surface area contributed by atoms with Crippen molar-refractivity contribution in [2.45, 2.75) is 64.1 Å². The number of amides is 4. The van der Waals surface area contributed by atoms with Crippen LogP contribution < -0.4 is 16.0 Å². The minimum Gasteiger partial charge on any atom is -0.356 e. The van der Waals surface area contributed by atoms with E-state index >= 15 is 0 Å². The third-order valence-electron chi connectivity index (χ3n) is 9.94. The Morgan fingerprint density at radius 2 is 1.88 bits per heavy atom. The fourth-order valence-corrected chi connectivity index (χ4v) is 7.37. The molecule has 0 radical (unpaired) electrons. The first-order valence-corrected chi connectivity index (χ1v) is 15.5. The van der Waals surface area contributed by atoms with Gasteiger partial charge in [0, 0.05) is 29.9 Å². The van der Waals surface area contributed by atoms with Crippen molar-refractivity contribution in [3.8, 4) is 0 Å². The van der Waals surface area contributed by atoms with Crippen molar-refractivity contribution in [3.05, 3.63) is 36.0 Å². The number of hydrogen-bond acceptors (Lipinski definition) is 5. The molecule has 1 unspecified atom stereocenters. The molecule has 0 spiro atoms. The third kappa shape index (κ3) is 5.29. The van der Waals surface area contributed by atoms with Crippen LogP contribution in [0, 0.1) is 29.1 Å². The number of fused-ring (bicyclic) bond motifs is 2. The van der Waals surface area contributed by atoms with Gasteiger partial charge in [0.15, 0.2) is 5.78 Å². The number of hydrogen-bond donors (Lipinski definition) is 4. The van der Waals surface area contributed by atoms with Gasteiger partial charge in [0.25, 0.3) is 5.91 Å². The summed E-state index contributed by atoms with van der Waals surface area (Å²) < 4.78 is 0. The monoisotopic (exact) mass is 595 g/mol. The summed E-state index contributed by atoms with van der Waals surface area (Å²) in [5, 5.41) is 9.58. The first kappa shape index (κ1) is 28.7. The van der Waals surface area contributed by atoms with Gasteiger partial charge in [0.2, 0.25) is 17.7 Å². The number of aromatic amines is 1. The van der Waals surface area contributed by atoms with Gasteiger partial charge in [-0.2, -0.15) is 0 Å². The topological polar surface area (TPSA) is 140 Å². The number of piperidine rings is 2.